The first kappa shape index (κ1) is 13.1. The Labute approximate surface area is 111 Å². The van der Waals surface area contributed by atoms with Crippen LogP contribution in [-0.4, -0.2) is 27.6 Å². The first-order valence-electron chi connectivity index (χ1n) is 6.01. The smallest absolute Gasteiger partial charge is 0.362 e. The molecule has 0 saturated heterocycles. The molecule has 0 unspecified atom stereocenters. The van der Waals surface area contributed by atoms with Gasteiger partial charge in [-0.05, 0) is 38.0 Å². The maximum Gasteiger partial charge on any atom is 0.362 e. The number of hydrogen-bond donors (Lipinski definition) is 1. The van der Waals surface area contributed by atoms with Crippen LogP contribution in [-0.2, 0) is 4.74 Å². The van der Waals surface area contributed by atoms with E-state index in [9.17, 15) is 4.79 Å². The average molecular weight is 260 g/mol. The lowest BCUT2D eigenvalue weighted by Gasteiger charge is -2.09. The van der Waals surface area contributed by atoms with Gasteiger partial charge in [0.1, 0.15) is 0 Å². The van der Waals surface area contributed by atoms with Crippen molar-refractivity contribution in [1.82, 2.24) is 15.0 Å². The number of aryl methyl sites for hydroxylation is 1. The Bertz CT molecular complexity index is 619. The predicted octanol–water partition coefficient (Wildman–Crippen LogP) is 1.64. The molecule has 1 aromatic carbocycles. The minimum Gasteiger partial charge on any atom is -0.461 e. The standard InChI is InChI=1S/C13H16N4O2/c1-4-19-13(18)11-12(14)17(16-15-11)10-7-5-6-8(2)9(10)3/h5-7H,4,14H2,1-3H3. The SMILES string of the molecule is CCOC(=O)c1nnn(-c2cccc(C)c2C)c1N. The summed E-state index contributed by atoms with van der Waals surface area (Å²) in [6.07, 6.45) is 0. The molecular formula is C13H16N4O2. The highest BCUT2D eigenvalue weighted by Crippen LogP contribution is 2.21. The molecular weight excluding hydrogens is 244 g/mol. The highest BCUT2D eigenvalue weighted by atomic mass is 16.5. The molecule has 1 aromatic heterocycles. The first-order valence-corrected chi connectivity index (χ1v) is 6.01. The van der Waals surface area contributed by atoms with Crippen LogP contribution >= 0.6 is 0 Å². The average Bonchev–Trinajstić information content (AvgIpc) is 2.75. The number of nitrogens with two attached hydrogens (primary N) is 1. The molecule has 0 aliphatic rings. The van der Waals surface area contributed by atoms with E-state index in [0.29, 0.717) is 0 Å². The van der Waals surface area contributed by atoms with E-state index in [1.165, 1.54) is 4.68 Å². The van der Waals surface area contributed by atoms with Gasteiger partial charge in [-0.1, -0.05) is 17.3 Å². The van der Waals surface area contributed by atoms with Crippen LogP contribution in [0.4, 0.5) is 5.82 Å². The van der Waals surface area contributed by atoms with Crippen LogP contribution in [0.3, 0.4) is 0 Å². The topological polar surface area (TPSA) is 83.0 Å². The Hall–Kier alpha value is -2.37. The molecule has 0 fully saturated rings. The van der Waals surface area contributed by atoms with Gasteiger partial charge < -0.3 is 10.5 Å². The van der Waals surface area contributed by atoms with Crippen molar-refractivity contribution < 1.29 is 9.53 Å². The summed E-state index contributed by atoms with van der Waals surface area (Å²) in [4.78, 5) is 11.6. The number of carbonyl (C=O) groups excluding carboxylic acids is 1. The van der Waals surface area contributed by atoms with E-state index in [1.807, 2.05) is 32.0 Å². The second kappa shape index (κ2) is 5.09. The van der Waals surface area contributed by atoms with Crippen molar-refractivity contribution in [2.45, 2.75) is 20.8 Å². The summed E-state index contributed by atoms with van der Waals surface area (Å²) >= 11 is 0. The molecule has 0 aliphatic carbocycles. The minimum atomic E-state index is -0.559. The second-order valence-electron chi connectivity index (χ2n) is 4.17. The summed E-state index contributed by atoms with van der Waals surface area (Å²) < 4.78 is 6.33. The third kappa shape index (κ3) is 2.29. The number of anilines is 1. The zero-order valence-electron chi connectivity index (χ0n) is 11.2. The van der Waals surface area contributed by atoms with Crippen molar-refractivity contribution in [3.05, 3.63) is 35.0 Å². The fourth-order valence-corrected chi connectivity index (χ4v) is 1.78. The number of ether oxygens (including phenoxy) is 1. The molecule has 0 bridgehead atoms. The van der Waals surface area contributed by atoms with Crippen LogP contribution < -0.4 is 5.73 Å². The van der Waals surface area contributed by atoms with Gasteiger partial charge in [0, 0.05) is 0 Å². The molecule has 0 spiro atoms. The molecule has 100 valence electrons. The number of nitrogens with zero attached hydrogens (tertiary/aromatic N) is 3. The van der Waals surface area contributed by atoms with Gasteiger partial charge in [-0.15, -0.1) is 5.10 Å². The molecule has 6 nitrogen and oxygen atoms in total. The Morgan fingerprint density at radius 2 is 2.16 bits per heavy atom. The highest BCUT2D eigenvalue weighted by molar-refractivity contribution is 5.92. The predicted molar refractivity (Wildman–Crippen MR) is 71.2 cm³/mol. The number of rotatable bonds is 3. The van der Waals surface area contributed by atoms with Crippen molar-refractivity contribution in [2.75, 3.05) is 12.3 Å². The molecule has 2 N–H and O–H groups in total. The van der Waals surface area contributed by atoms with Crippen molar-refractivity contribution in [3.8, 4) is 5.69 Å². The quantitative estimate of drug-likeness (QED) is 0.848. The summed E-state index contributed by atoms with van der Waals surface area (Å²) in [6, 6.07) is 5.78. The van der Waals surface area contributed by atoms with Gasteiger partial charge >= 0.3 is 5.97 Å². The van der Waals surface area contributed by atoms with Crippen LogP contribution in [0.1, 0.15) is 28.5 Å². The lowest BCUT2D eigenvalue weighted by Crippen LogP contribution is -2.10. The molecule has 0 saturated carbocycles. The van der Waals surface area contributed by atoms with Crippen LogP contribution in [0.5, 0.6) is 0 Å². The normalized spacial score (nSPS) is 10.5. The monoisotopic (exact) mass is 260 g/mol. The van der Waals surface area contributed by atoms with Gasteiger partial charge in [0.2, 0.25) is 5.69 Å². The largest absolute Gasteiger partial charge is 0.461 e. The van der Waals surface area contributed by atoms with Crippen molar-refractivity contribution >= 4 is 11.8 Å². The van der Waals surface area contributed by atoms with E-state index < -0.39 is 5.97 Å². The van der Waals surface area contributed by atoms with Gasteiger partial charge in [0.25, 0.3) is 0 Å². The Kier molecular flexibility index (Phi) is 3.50. The molecule has 0 aliphatic heterocycles. The second-order valence-corrected chi connectivity index (χ2v) is 4.17. The van der Waals surface area contributed by atoms with Crippen LogP contribution in [0, 0.1) is 13.8 Å². The summed E-state index contributed by atoms with van der Waals surface area (Å²) in [6.45, 7) is 5.96. The van der Waals surface area contributed by atoms with Gasteiger partial charge in [-0.25, -0.2) is 4.79 Å². The lowest BCUT2D eigenvalue weighted by molar-refractivity contribution is 0.0520. The Morgan fingerprint density at radius 1 is 1.42 bits per heavy atom. The Balaban J connectivity index is 2.48. The fraction of sp³-hybridized carbons (Fsp3) is 0.308. The molecule has 2 rings (SSSR count). The molecule has 19 heavy (non-hydrogen) atoms. The first-order chi connectivity index (χ1) is 9.06. The van der Waals surface area contributed by atoms with Gasteiger partial charge in [-0.2, -0.15) is 4.68 Å². The van der Waals surface area contributed by atoms with E-state index in [4.69, 9.17) is 10.5 Å². The third-order valence-electron chi connectivity index (χ3n) is 2.98. The van der Waals surface area contributed by atoms with E-state index in [0.717, 1.165) is 16.8 Å². The van der Waals surface area contributed by atoms with E-state index in [1.54, 1.807) is 6.92 Å². The maximum absolute atomic E-state index is 11.6. The van der Waals surface area contributed by atoms with E-state index >= 15 is 0 Å². The van der Waals surface area contributed by atoms with Gasteiger partial charge in [0.05, 0.1) is 12.3 Å². The number of benzene rings is 1. The molecule has 2 aromatic rings. The summed E-state index contributed by atoms with van der Waals surface area (Å²) in [7, 11) is 0. The number of aromatic nitrogens is 3. The van der Waals surface area contributed by atoms with Crippen LogP contribution in [0.15, 0.2) is 18.2 Å². The molecule has 0 radical (unpaired) electrons. The zero-order chi connectivity index (χ0) is 14.0. The Morgan fingerprint density at radius 3 is 2.84 bits per heavy atom. The van der Waals surface area contributed by atoms with E-state index in [-0.39, 0.29) is 18.1 Å². The third-order valence-corrected chi connectivity index (χ3v) is 2.98. The molecule has 0 amide bonds. The lowest BCUT2D eigenvalue weighted by atomic mass is 10.1. The van der Waals surface area contributed by atoms with Crippen LogP contribution in [0.25, 0.3) is 5.69 Å². The molecule has 1 heterocycles. The van der Waals surface area contributed by atoms with Gasteiger partial charge in [-0.3, -0.25) is 0 Å². The van der Waals surface area contributed by atoms with E-state index in [2.05, 4.69) is 10.3 Å². The van der Waals surface area contributed by atoms with Crippen molar-refractivity contribution in [3.63, 3.8) is 0 Å². The number of hydrogen-bond acceptors (Lipinski definition) is 5. The zero-order valence-corrected chi connectivity index (χ0v) is 11.2. The minimum absolute atomic E-state index is 0.0442. The maximum atomic E-state index is 11.6. The summed E-state index contributed by atoms with van der Waals surface area (Å²) in [5, 5.41) is 7.73. The van der Waals surface area contributed by atoms with Crippen molar-refractivity contribution in [2.24, 2.45) is 0 Å². The number of carbonyl (C=O) groups is 1. The number of nitrogen functional groups attached to an aromatic ring is 1. The number of esters is 1. The summed E-state index contributed by atoms with van der Waals surface area (Å²) in [5.41, 5.74) is 8.93. The fourth-order valence-electron chi connectivity index (χ4n) is 1.78. The highest BCUT2D eigenvalue weighted by Gasteiger charge is 2.20. The van der Waals surface area contributed by atoms with Crippen molar-refractivity contribution in [1.29, 1.82) is 0 Å². The summed E-state index contributed by atoms with van der Waals surface area (Å²) in [5.74, 6) is -0.372. The molecule has 0 atom stereocenters. The van der Waals surface area contributed by atoms with Crippen LogP contribution in [0.2, 0.25) is 0 Å². The van der Waals surface area contributed by atoms with Gasteiger partial charge in [0.15, 0.2) is 5.82 Å². The molecule has 6 heteroatoms.